The molecule has 3 heteroatoms. The van der Waals surface area contributed by atoms with Crippen LogP contribution >= 0.6 is 0 Å². The molecule has 90 valence electrons. The molecule has 0 saturated carbocycles. The molecule has 0 radical (unpaired) electrons. The molecule has 3 nitrogen and oxygen atoms in total. The van der Waals surface area contributed by atoms with Gasteiger partial charge >= 0.3 is 0 Å². The van der Waals surface area contributed by atoms with Crippen LogP contribution in [-0.2, 0) is 6.54 Å². The zero-order valence-electron chi connectivity index (χ0n) is 10.3. The van der Waals surface area contributed by atoms with Gasteiger partial charge in [-0.1, -0.05) is 30.3 Å². The predicted molar refractivity (Wildman–Crippen MR) is 74.1 cm³/mol. The topological polar surface area (TPSA) is 61.8 Å². The summed E-state index contributed by atoms with van der Waals surface area (Å²) in [6, 6.07) is 15.6. The molecule has 0 atom stereocenters. The third-order valence-corrected chi connectivity index (χ3v) is 2.90. The van der Waals surface area contributed by atoms with Crippen LogP contribution in [0.1, 0.15) is 16.7 Å². The first-order valence-corrected chi connectivity index (χ1v) is 5.79. The minimum absolute atomic E-state index is 0.617. The van der Waals surface area contributed by atoms with Crippen molar-refractivity contribution in [3.05, 3.63) is 59.2 Å². The summed E-state index contributed by atoms with van der Waals surface area (Å²) in [6.07, 6.45) is 0. The number of benzene rings is 2. The summed E-state index contributed by atoms with van der Waals surface area (Å²) < 4.78 is 0. The minimum atomic E-state index is 0.617. The van der Waals surface area contributed by atoms with Crippen molar-refractivity contribution in [3.63, 3.8) is 0 Å². The summed E-state index contributed by atoms with van der Waals surface area (Å²) in [5.74, 6) is 0. The van der Waals surface area contributed by atoms with E-state index in [0.717, 1.165) is 22.5 Å². The summed E-state index contributed by atoms with van der Waals surface area (Å²) in [4.78, 5) is 0. The number of para-hydroxylation sites is 2. The van der Waals surface area contributed by atoms with E-state index in [1.54, 1.807) is 0 Å². The third kappa shape index (κ3) is 2.44. The summed E-state index contributed by atoms with van der Waals surface area (Å²) in [6.45, 7) is 2.60. The Kier molecular flexibility index (Phi) is 3.49. The second-order valence-electron chi connectivity index (χ2n) is 4.16. The van der Waals surface area contributed by atoms with E-state index < -0.39 is 0 Å². The molecule has 0 amide bonds. The van der Waals surface area contributed by atoms with E-state index in [4.69, 9.17) is 11.0 Å². The zero-order chi connectivity index (χ0) is 13.0. The highest BCUT2D eigenvalue weighted by Crippen LogP contribution is 2.21. The van der Waals surface area contributed by atoms with E-state index >= 15 is 0 Å². The van der Waals surface area contributed by atoms with Crippen LogP contribution in [0, 0.1) is 18.3 Å². The molecule has 0 spiro atoms. The van der Waals surface area contributed by atoms with Gasteiger partial charge in [-0.3, -0.25) is 0 Å². The quantitative estimate of drug-likeness (QED) is 0.806. The van der Waals surface area contributed by atoms with Crippen molar-refractivity contribution < 1.29 is 0 Å². The molecule has 0 heterocycles. The Labute approximate surface area is 107 Å². The van der Waals surface area contributed by atoms with E-state index in [-0.39, 0.29) is 0 Å². The van der Waals surface area contributed by atoms with Gasteiger partial charge in [-0.25, -0.2) is 0 Å². The maximum Gasteiger partial charge on any atom is 0.101 e. The molecular weight excluding hydrogens is 222 g/mol. The van der Waals surface area contributed by atoms with Crippen LogP contribution in [0.25, 0.3) is 0 Å². The number of hydrogen-bond donors (Lipinski definition) is 2. The van der Waals surface area contributed by atoms with Crippen LogP contribution < -0.4 is 11.1 Å². The fourth-order valence-electron chi connectivity index (χ4n) is 1.87. The standard InChI is InChI=1S/C15H15N3/c1-11-5-4-7-12(9-16)15(11)18-10-13-6-2-3-8-14(13)17/h2-8,18H,10,17H2,1H3. The Morgan fingerprint density at radius 3 is 2.67 bits per heavy atom. The Morgan fingerprint density at radius 1 is 1.17 bits per heavy atom. The Hall–Kier alpha value is -2.47. The molecule has 0 unspecified atom stereocenters. The largest absolute Gasteiger partial charge is 0.398 e. The summed E-state index contributed by atoms with van der Waals surface area (Å²) >= 11 is 0. The van der Waals surface area contributed by atoms with Crippen LogP contribution in [0.4, 0.5) is 11.4 Å². The zero-order valence-corrected chi connectivity index (χ0v) is 10.3. The van der Waals surface area contributed by atoms with Gasteiger partial charge in [0.15, 0.2) is 0 Å². The maximum absolute atomic E-state index is 9.08. The Balaban J connectivity index is 2.22. The fourth-order valence-corrected chi connectivity index (χ4v) is 1.87. The van der Waals surface area contributed by atoms with E-state index in [1.807, 2.05) is 49.4 Å². The van der Waals surface area contributed by atoms with Crippen LogP contribution in [0.2, 0.25) is 0 Å². The number of nitrogen functional groups attached to an aromatic ring is 1. The molecule has 0 fully saturated rings. The van der Waals surface area contributed by atoms with Crippen molar-refractivity contribution in [2.24, 2.45) is 0 Å². The molecular formula is C15H15N3. The molecule has 2 aromatic carbocycles. The minimum Gasteiger partial charge on any atom is -0.398 e. The second kappa shape index (κ2) is 5.24. The van der Waals surface area contributed by atoms with E-state index in [0.29, 0.717) is 12.1 Å². The summed E-state index contributed by atoms with van der Waals surface area (Å²) in [5, 5.41) is 12.4. The lowest BCUT2D eigenvalue weighted by atomic mass is 10.1. The number of nitrogens with zero attached hydrogens (tertiary/aromatic N) is 1. The van der Waals surface area contributed by atoms with Crippen molar-refractivity contribution in [2.75, 3.05) is 11.1 Å². The predicted octanol–water partition coefficient (Wildman–Crippen LogP) is 3.06. The van der Waals surface area contributed by atoms with Crippen LogP contribution in [0.3, 0.4) is 0 Å². The highest BCUT2D eigenvalue weighted by Gasteiger charge is 2.05. The molecule has 0 bridgehead atoms. The molecule has 0 aliphatic carbocycles. The SMILES string of the molecule is Cc1cccc(C#N)c1NCc1ccccc1N. The van der Waals surface area contributed by atoms with Gasteiger partial charge in [0.05, 0.1) is 11.3 Å². The average molecular weight is 237 g/mol. The van der Waals surface area contributed by atoms with Crippen LogP contribution in [0.15, 0.2) is 42.5 Å². The smallest absolute Gasteiger partial charge is 0.101 e. The fraction of sp³-hybridized carbons (Fsp3) is 0.133. The molecule has 3 N–H and O–H groups in total. The average Bonchev–Trinajstić information content (AvgIpc) is 2.39. The number of aryl methyl sites for hydroxylation is 1. The van der Waals surface area contributed by atoms with Crippen molar-refractivity contribution in [3.8, 4) is 6.07 Å². The van der Waals surface area contributed by atoms with Gasteiger partial charge in [0.25, 0.3) is 0 Å². The highest BCUT2D eigenvalue weighted by atomic mass is 14.9. The molecule has 0 aliphatic rings. The van der Waals surface area contributed by atoms with Gasteiger partial charge in [-0.05, 0) is 30.2 Å². The van der Waals surface area contributed by atoms with Gasteiger partial charge in [-0.15, -0.1) is 0 Å². The lowest BCUT2D eigenvalue weighted by Crippen LogP contribution is -2.05. The van der Waals surface area contributed by atoms with Gasteiger partial charge < -0.3 is 11.1 Å². The summed E-state index contributed by atoms with van der Waals surface area (Å²) in [5.41, 5.74) is 10.3. The molecule has 0 saturated heterocycles. The van der Waals surface area contributed by atoms with Crippen LogP contribution in [0.5, 0.6) is 0 Å². The number of nitrogens with one attached hydrogen (secondary N) is 1. The molecule has 0 aliphatic heterocycles. The van der Waals surface area contributed by atoms with Crippen LogP contribution in [-0.4, -0.2) is 0 Å². The molecule has 18 heavy (non-hydrogen) atoms. The molecule has 0 aromatic heterocycles. The van der Waals surface area contributed by atoms with E-state index in [1.165, 1.54) is 0 Å². The van der Waals surface area contributed by atoms with Gasteiger partial charge in [-0.2, -0.15) is 5.26 Å². The van der Waals surface area contributed by atoms with Crippen molar-refractivity contribution in [1.29, 1.82) is 5.26 Å². The lowest BCUT2D eigenvalue weighted by Gasteiger charge is -2.12. The maximum atomic E-state index is 9.08. The number of nitrogens with two attached hydrogens (primary N) is 1. The normalized spacial score (nSPS) is 9.78. The first-order valence-electron chi connectivity index (χ1n) is 5.79. The molecule has 2 aromatic rings. The number of anilines is 2. The first kappa shape index (κ1) is 12.0. The lowest BCUT2D eigenvalue weighted by molar-refractivity contribution is 1.14. The number of rotatable bonds is 3. The van der Waals surface area contributed by atoms with Crippen molar-refractivity contribution in [1.82, 2.24) is 0 Å². The third-order valence-electron chi connectivity index (χ3n) is 2.90. The van der Waals surface area contributed by atoms with E-state index in [2.05, 4.69) is 11.4 Å². The number of nitriles is 1. The van der Waals surface area contributed by atoms with Gasteiger partial charge in [0.2, 0.25) is 0 Å². The van der Waals surface area contributed by atoms with Gasteiger partial charge in [0.1, 0.15) is 6.07 Å². The Morgan fingerprint density at radius 2 is 1.94 bits per heavy atom. The highest BCUT2D eigenvalue weighted by molar-refractivity contribution is 5.63. The first-order chi connectivity index (χ1) is 8.72. The number of hydrogen-bond acceptors (Lipinski definition) is 3. The monoisotopic (exact) mass is 237 g/mol. The van der Waals surface area contributed by atoms with Crippen molar-refractivity contribution >= 4 is 11.4 Å². The second-order valence-corrected chi connectivity index (χ2v) is 4.16. The summed E-state index contributed by atoms with van der Waals surface area (Å²) in [7, 11) is 0. The Bertz CT molecular complexity index is 597. The van der Waals surface area contributed by atoms with Gasteiger partial charge in [0, 0.05) is 12.2 Å². The van der Waals surface area contributed by atoms with Crippen molar-refractivity contribution in [2.45, 2.75) is 13.5 Å². The van der Waals surface area contributed by atoms with E-state index in [9.17, 15) is 0 Å². The molecule has 2 rings (SSSR count).